The molecule has 0 radical (unpaired) electrons. The number of aromatic nitrogens is 2. The number of imidazole rings is 1. The smallest absolute Gasteiger partial charge is 0.145 e. The molecule has 0 aliphatic carbocycles. The molecule has 0 aliphatic heterocycles. The van der Waals surface area contributed by atoms with Gasteiger partial charge in [-0.3, -0.25) is 0 Å². The highest BCUT2D eigenvalue weighted by Crippen LogP contribution is 2.25. The number of rotatable bonds is 4. The van der Waals surface area contributed by atoms with Gasteiger partial charge in [0, 0.05) is 12.5 Å². The highest BCUT2D eigenvalue weighted by atomic mass is 35.5. The van der Waals surface area contributed by atoms with E-state index in [-0.39, 0.29) is 17.5 Å². The van der Waals surface area contributed by atoms with E-state index in [1.165, 1.54) is 6.07 Å². The topological polar surface area (TPSA) is 38.0 Å². The Hall–Kier alpha value is -1.39. The van der Waals surface area contributed by atoms with Crippen LogP contribution in [0, 0.1) is 5.82 Å². The summed E-state index contributed by atoms with van der Waals surface area (Å²) in [5, 5.41) is 10.3. The first-order valence-electron chi connectivity index (χ1n) is 6.13. The maximum atomic E-state index is 13.8. The molecule has 5 heteroatoms. The summed E-state index contributed by atoms with van der Waals surface area (Å²) in [6.07, 6.45) is 2.63. The van der Waals surface area contributed by atoms with Gasteiger partial charge in [0.25, 0.3) is 0 Å². The fraction of sp³-hybridized carbons (Fsp3) is 0.357. The third-order valence-electron chi connectivity index (χ3n) is 3.04. The van der Waals surface area contributed by atoms with E-state index in [1.54, 1.807) is 24.7 Å². The van der Waals surface area contributed by atoms with Gasteiger partial charge in [0.2, 0.25) is 0 Å². The Kier molecular flexibility index (Phi) is 4.22. The van der Waals surface area contributed by atoms with E-state index >= 15 is 0 Å². The van der Waals surface area contributed by atoms with E-state index in [2.05, 4.69) is 4.98 Å². The van der Waals surface area contributed by atoms with Crippen LogP contribution >= 0.6 is 11.6 Å². The maximum absolute atomic E-state index is 13.8. The van der Waals surface area contributed by atoms with Crippen molar-refractivity contribution in [3.05, 3.63) is 52.8 Å². The van der Waals surface area contributed by atoms with Crippen LogP contribution in [0.2, 0.25) is 5.02 Å². The fourth-order valence-electron chi connectivity index (χ4n) is 2.02. The van der Waals surface area contributed by atoms with E-state index in [0.29, 0.717) is 11.3 Å². The molecule has 0 aliphatic rings. The summed E-state index contributed by atoms with van der Waals surface area (Å²) >= 11 is 5.73. The van der Waals surface area contributed by atoms with Gasteiger partial charge in [0.05, 0.1) is 29.3 Å². The first-order valence-corrected chi connectivity index (χ1v) is 6.51. The Morgan fingerprint density at radius 3 is 2.84 bits per heavy atom. The van der Waals surface area contributed by atoms with Crippen LogP contribution < -0.4 is 0 Å². The minimum atomic E-state index is -0.808. The lowest BCUT2D eigenvalue weighted by atomic mass is 10.1. The molecule has 2 rings (SSSR count). The van der Waals surface area contributed by atoms with Crippen LogP contribution in [-0.4, -0.2) is 14.7 Å². The number of benzene rings is 1. The van der Waals surface area contributed by atoms with E-state index in [1.807, 2.05) is 18.4 Å². The van der Waals surface area contributed by atoms with E-state index in [4.69, 9.17) is 11.6 Å². The van der Waals surface area contributed by atoms with Crippen LogP contribution in [0.5, 0.6) is 0 Å². The molecule has 1 aromatic heterocycles. The molecule has 1 unspecified atom stereocenters. The quantitative estimate of drug-likeness (QED) is 0.931. The second-order valence-corrected chi connectivity index (χ2v) is 5.16. The average molecular weight is 283 g/mol. The Bertz CT molecular complexity index is 568. The van der Waals surface area contributed by atoms with Gasteiger partial charge in [-0.1, -0.05) is 23.7 Å². The second-order valence-electron chi connectivity index (χ2n) is 4.75. The number of aliphatic hydroxyl groups excluding tert-OH is 1. The minimum absolute atomic E-state index is 0.0714. The predicted octanol–water partition coefficient (Wildman–Crippen LogP) is 3.53. The lowest BCUT2D eigenvalue weighted by Crippen LogP contribution is -2.11. The zero-order chi connectivity index (χ0) is 14.0. The van der Waals surface area contributed by atoms with Gasteiger partial charge < -0.3 is 9.67 Å². The molecule has 3 nitrogen and oxygen atoms in total. The highest BCUT2D eigenvalue weighted by Gasteiger charge is 2.17. The van der Waals surface area contributed by atoms with Crippen molar-refractivity contribution >= 4 is 11.6 Å². The molecule has 1 atom stereocenters. The van der Waals surface area contributed by atoms with Crippen molar-refractivity contribution in [2.75, 3.05) is 0 Å². The number of hydrogen-bond acceptors (Lipinski definition) is 2. The number of aliphatic hydroxyl groups is 1. The number of halogens is 2. The Balaban J connectivity index is 2.23. The summed E-state index contributed by atoms with van der Waals surface area (Å²) < 4.78 is 15.7. The van der Waals surface area contributed by atoms with Gasteiger partial charge in [0.15, 0.2) is 0 Å². The Labute approximate surface area is 116 Å². The average Bonchev–Trinajstić information content (AvgIpc) is 2.84. The maximum Gasteiger partial charge on any atom is 0.145 e. The predicted molar refractivity (Wildman–Crippen MR) is 72.7 cm³/mol. The molecular weight excluding hydrogens is 267 g/mol. The number of hydrogen-bond donors (Lipinski definition) is 1. The summed E-state index contributed by atoms with van der Waals surface area (Å²) in [6, 6.07) is 4.98. The summed E-state index contributed by atoms with van der Waals surface area (Å²) in [5.74, 6) is -0.473. The van der Waals surface area contributed by atoms with Crippen molar-refractivity contribution in [3.8, 4) is 0 Å². The molecule has 0 bridgehead atoms. The summed E-state index contributed by atoms with van der Waals surface area (Å²) in [6.45, 7) is 4.00. The monoisotopic (exact) mass is 282 g/mol. The van der Waals surface area contributed by atoms with Crippen LogP contribution in [-0.2, 0) is 6.42 Å². The van der Waals surface area contributed by atoms with Gasteiger partial charge in [-0.2, -0.15) is 0 Å². The van der Waals surface area contributed by atoms with E-state index in [0.717, 1.165) is 0 Å². The van der Waals surface area contributed by atoms with Crippen LogP contribution in [0.1, 0.15) is 37.3 Å². The van der Waals surface area contributed by atoms with Crippen molar-refractivity contribution in [1.29, 1.82) is 0 Å². The van der Waals surface area contributed by atoms with Gasteiger partial charge in [-0.15, -0.1) is 0 Å². The molecule has 1 aromatic carbocycles. The zero-order valence-electron chi connectivity index (χ0n) is 10.8. The summed E-state index contributed by atoms with van der Waals surface area (Å²) in [5.41, 5.74) is 1.07. The zero-order valence-corrected chi connectivity index (χ0v) is 11.6. The Morgan fingerprint density at radius 2 is 2.16 bits per heavy atom. The summed E-state index contributed by atoms with van der Waals surface area (Å²) in [4.78, 5) is 4.03. The summed E-state index contributed by atoms with van der Waals surface area (Å²) in [7, 11) is 0. The van der Waals surface area contributed by atoms with Crippen molar-refractivity contribution in [1.82, 2.24) is 9.55 Å². The van der Waals surface area contributed by atoms with Crippen molar-refractivity contribution < 1.29 is 9.50 Å². The minimum Gasteiger partial charge on any atom is -0.386 e. The lowest BCUT2D eigenvalue weighted by molar-refractivity contribution is 0.166. The molecule has 1 heterocycles. The molecule has 0 saturated carbocycles. The van der Waals surface area contributed by atoms with Crippen molar-refractivity contribution in [3.63, 3.8) is 0 Å². The first kappa shape index (κ1) is 14.0. The molecule has 2 aromatic rings. The van der Waals surface area contributed by atoms with Gasteiger partial charge in [-0.25, -0.2) is 9.37 Å². The molecular formula is C14H16ClFN2O. The molecule has 19 heavy (non-hydrogen) atoms. The van der Waals surface area contributed by atoms with E-state index < -0.39 is 11.9 Å². The van der Waals surface area contributed by atoms with Gasteiger partial charge in [-0.05, 0) is 25.5 Å². The van der Waals surface area contributed by atoms with Crippen LogP contribution in [0.25, 0.3) is 0 Å². The van der Waals surface area contributed by atoms with Gasteiger partial charge >= 0.3 is 0 Å². The van der Waals surface area contributed by atoms with Crippen LogP contribution in [0.3, 0.4) is 0 Å². The normalized spacial score (nSPS) is 12.9. The molecule has 0 fully saturated rings. The number of nitrogens with zero attached hydrogens (tertiary/aromatic N) is 2. The molecule has 0 saturated heterocycles. The Morgan fingerprint density at radius 1 is 1.42 bits per heavy atom. The highest BCUT2D eigenvalue weighted by molar-refractivity contribution is 6.30. The molecule has 1 N–H and O–H groups in total. The van der Waals surface area contributed by atoms with Crippen molar-refractivity contribution in [2.45, 2.75) is 32.4 Å². The molecule has 0 spiro atoms. The second kappa shape index (κ2) is 5.72. The third-order valence-corrected chi connectivity index (χ3v) is 3.33. The lowest BCUT2D eigenvalue weighted by Gasteiger charge is -2.17. The van der Waals surface area contributed by atoms with Crippen molar-refractivity contribution in [2.24, 2.45) is 0 Å². The van der Waals surface area contributed by atoms with E-state index in [9.17, 15) is 9.50 Å². The first-order chi connectivity index (χ1) is 9.00. The standard InChI is InChI=1S/C14H16ClFN2O/c1-9(2)18-8-17-7-12(18)13(19)6-10-4-3-5-11(15)14(10)16/h3-5,7-9,13,19H,6H2,1-2H3. The van der Waals surface area contributed by atoms with Crippen LogP contribution in [0.4, 0.5) is 4.39 Å². The molecule has 0 amide bonds. The molecule has 102 valence electrons. The largest absolute Gasteiger partial charge is 0.386 e. The third kappa shape index (κ3) is 2.96. The fourth-order valence-corrected chi connectivity index (χ4v) is 2.22. The SMILES string of the molecule is CC(C)n1cncc1C(O)Cc1cccc(Cl)c1F. The van der Waals surface area contributed by atoms with Gasteiger partial charge in [0.1, 0.15) is 5.82 Å². The van der Waals surface area contributed by atoms with Crippen LogP contribution in [0.15, 0.2) is 30.7 Å².